The highest BCUT2D eigenvalue weighted by atomic mass is 19.1. The number of ether oxygens (including phenoxy) is 1. The number of hydrogen-bond donors (Lipinski definition) is 1. The summed E-state index contributed by atoms with van der Waals surface area (Å²) in [6, 6.07) is 7.39. The highest BCUT2D eigenvalue weighted by molar-refractivity contribution is 5.98. The lowest BCUT2D eigenvalue weighted by Crippen LogP contribution is -2.49. The van der Waals surface area contributed by atoms with E-state index >= 15 is 0 Å². The summed E-state index contributed by atoms with van der Waals surface area (Å²) in [7, 11) is 1.99. The smallest absolute Gasteiger partial charge is 0.259 e. The Labute approximate surface area is 204 Å². The zero-order chi connectivity index (χ0) is 24.9. The average molecular weight is 480 g/mol. The molecule has 0 unspecified atom stereocenters. The first-order valence-corrected chi connectivity index (χ1v) is 11.6. The minimum Gasteiger partial charge on any atom is -0.472 e. The zero-order valence-corrected chi connectivity index (χ0v) is 20.1. The fraction of sp³-hybridized carbons (Fsp3) is 0.385. The van der Waals surface area contributed by atoms with E-state index in [1.165, 1.54) is 18.5 Å². The molecule has 0 fully saturated rings. The first-order chi connectivity index (χ1) is 16.9. The van der Waals surface area contributed by atoms with Crippen LogP contribution in [-0.2, 0) is 6.54 Å². The number of aliphatic hydroxyl groups excluding tert-OH is 1. The number of hydrogen-bond acceptors (Lipinski definition) is 7. The van der Waals surface area contributed by atoms with Gasteiger partial charge in [0.25, 0.3) is 5.91 Å². The van der Waals surface area contributed by atoms with Crippen molar-refractivity contribution in [1.29, 1.82) is 0 Å². The van der Waals surface area contributed by atoms with Crippen LogP contribution < -0.4 is 4.74 Å². The molecule has 0 aliphatic carbocycles. The molecule has 1 N–H and O–H groups in total. The van der Waals surface area contributed by atoms with Gasteiger partial charge in [-0.25, -0.2) is 19.3 Å². The van der Waals surface area contributed by atoms with E-state index in [-0.39, 0.29) is 42.3 Å². The summed E-state index contributed by atoms with van der Waals surface area (Å²) >= 11 is 0. The van der Waals surface area contributed by atoms with Gasteiger partial charge in [-0.3, -0.25) is 9.69 Å². The van der Waals surface area contributed by atoms with Crippen molar-refractivity contribution in [2.75, 3.05) is 26.7 Å². The lowest BCUT2D eigenvalue weighted by molar-refractivity contribution is 0.0325. The van der Waals surface area contributed by atoms with Crippen molar-refractivity contribution < 1.29 is 19.0 Å². The van der Waals surface area contributed by atoms with Gasteiger partial charge in [0.1, 0.15) is 23.8 Å². The third kappa shape index (κ3) is 5.80. The summed E-state index contributed by atoms with van der Waals surface area (Å²) in [5, 5.41) is 9.84. The molecule has 3 atom stereocenters. The molecular formula is C26H30FN5O3. The molecule has 1 aliphatic heterocycles. The van der Waals surface area contributed by atoms with E-state index in [4.69, 9.17) is 4.74 Å². The lowest BCUT2D eigenvalue weighted by atomic mass is 9.99. The van der Waals surface area contributed by atoms with Gasteiger partial charge in [0.15, 0.2) is 0 Å². The van der Waals surface area contributed by atoms with Crippen molar-refractivity contribution in [1.82, 2.24) is 24.8 Å². The normalized spacial score (nSPS) is 19.0. The van der Waals surface area contributed by atoms with E-state index in [0.29, 0.717) is 30.8 Å². The standard InChI is InChI=1S/C26H30FN5O3/c1-17-12-32(18(2)15-33)26(34)23-8-21(20-4-6-22(27)7-5-20)11-30-25(23)35-24(17)14-31(3)13-19-9-28-16-29-10-19/h4-11,16-18,24,33H,12-15H2,1-3H3/t17-,18+,24+/m0/s1. The number of amides is 1. The number of carbonyl (C=O) groups is 1. The van der Waals surface area contributed by atoms with Crippen LogP contribution in [0.3, 0.4) is 0 Å². The summed E-state index contributed by atoms with van der Waals surface area (Å²) in [5.74, 6) is -0.352. The van der Waals surface area contributed by atoms with Crippen LogP contribution in [0.1, 0.15) is 29.8 Å². The second-order valence-electron chi connectivity index (χ2n) is 9.15. The Balaban J connectivity index is 1.65. The zero-order valence-electron chi connectivity index (χ0n) is 20.1. The van der Waals surface area contributed by atoms with Crippen LogP contribution in [0.4, 0.5) is 4.39 Å². The monoisotopic (exact) mass is 479 g/mol. The molecule has 0 saturated carbocycles. The maximum atomic E-state index is 13.6. The first-order valence-electron chi connectivity index (χ1n) is 11.6. The highest BCUT2D eigenvalue weighted by Gasteiger charge is 2.34. The Morgan fingerprint density at radius 3 is 2.60 bits per heavy atom. The van der Waals surface area contributed by atoms with Crippen molar-refractivity contribution in [2.24, 2.45) is 5.92 Å². The predicted molar refractivity (Wildman–Crippen MR) is 129 cm³/mol. The number of fused-ring (bicyclic) bond motifs is 1. The molecule has 0 radical (unpaired) electrons. The van der Waals surface area contributed by atoms with Crippen LogP contribution in [0.15, 0.2) is 55.2 Å². The summed E-state index contributed by atoms with van der Waals surface area (Å²) in [4.78, 5) is 30.0. The SMILES string of the molecule is C[C@H](CO)N1C[C@H](C)[C@@H](CN(C)Cc2cncnc2)Oc2ncc(-c3ccc(F)cc3)cc2C1=O. The molecule has 2 aromatic heterocycles. The van der Waals surface area contributed by atoms with Crippen molar-refractivity contribution in [3.05, 3.63) is 72.2 Å². The maximum Gasteiger partial charge on any atom is 0.259 e. The number of carbonyl (C=O) groups excluding carboxylic acids is 1. The number of halogens is 1. The minimum absolute atomic E-state index is 0.0193. The number of pyridine rings is 1. The van der Waals surface area contributed by atoms with Crippen molar-refractivity contribution in [3.8, 4) is 17.0 Å². The molecule has 35 heavy (non-hydrogen) atoms. The number of aromatic nitrogens is 3. The molecule has 8 nitrogen and oxygen atoms in total. The molecule has 0 spiro atoms. The average Bonchev–Trinajstić information content (AvgIpc) is 2.86. The second kappa shape index (κ2) is 10.9. The van der Waals surface area contributed by atoms with Crippen molar-refractivity contribution in [2.45, 2.75) is 32.5 Å². The van der Waals surface area contributed by atoms with Crippen LogP contribution in [0.5, 0.6) is 5.88 Å². The Kier molecular flexibility index (Phi) is 7.67. The van der Waals surface area contributed by atoms with E-state index in [1.54, 1.807) is 41.7 Å². The molecule has 0 bridgehead atoms. The van der Waals surface area contributed by atoms with Gasteiger partial charge in [-0.2, -0.15) is 0 Å². The number of rotatable bonds is 7. The molecule has 3 aromatic rings. The molecule has 0 saturated heterocycles. The van der Waals surface area contributed by atoms with E-state index in [0.717, 1.165) is 11.1 Å². The Hall–Kier alpha value is -3.43. The molecule has 4 rings (SSSR count). The highest BCUT2D eigenvalue weighted by Crippen LogP contribution is 2.30. The number of nitrogens with zero attached hydrogens (tertiary/aromatic N) is 5. The van der Waals surface area contributed by atoms with E-state index in [1.807, 2.05) is 20.9 Å². The van der Waals surface area contributed by atoms with Crippen molar-refractivity contribution in [3.63, 3.8) is 0 Å². The lowest BCUT2D eigenvalue weighted by Gasteiger charge is -2.37. The van der Waals surface area contributed by atoms with Gasteiger partial charge in [0.05, 0.1) is 12.6 Å². The van der Waals surface area contributed by atoms with Crippen LogP contribution in [0.25, 0.3) is 11.1 Å². The molecule has 1 aliphatic rings. The third-order valence-corrected chi connectivity index (χ3v) is 6.26. The largest absolute Gasteiger partial charge is 0.472 e. The van der Waals surface area contributed by atoms with E-state index < -0.39 is 0 Å². The quantitative estimate of drug-likeness (QED) is 0.557. The molecule has 184 valence electrons. The molecule has 3 heterocycles. The van der Waals surface area contributed by atoms with Gasteiger partial charge < -0.3 is 14.7 Å². The van der Waals surface area contributed by atoms with E-state index in [2.05, 4.69) is 19.9 Å². The molecule has 9 heteroatoms. The fourth-order valence-corrected chi connectivity index (χ4v) is 4.22. The van der Waals surface area contributed by atoms with Crippen LogP contribution >= 0.6 is 0 Å². The first kappa shape index (κ1) is 24.7. The maximum absolute atomic E-state index is 13.6. The number of benzene rings is 1. The topological polar surface area (TPSA) is 91.7 Å². The summed E-state index contributed by atoms with van der Waals surface area (Å²) in [5.41, 5.74) is 2.74. The van der Waals surface area contributed by atoms with Crippen LogP contribution in [0.2, 0.25) is 0 Å². The number of likely N-dealkylation sites (N-methyl/N-ethyl adjacent to an activating group) is 1. The van der Waals surface area contributed by atoms with Crippen molar-refractivity contribution >= 4 is 5.91 Å². The minimum atomic E-state index is -0.370. The van der Waals surface area contributed by atoms with Gasteiger partial charge in [-0.15, -0.1) is 0 Å². The Morgan fingerprint density at radius 1 is 1.20 bits per heavy atom. The number of aliphatic hydroxyl groups is 1. The molecular weight excluding hydrogens is 449 g/mol. The van der Waals surface area contributed by atoms with Gasteiger partial charge in [-0.1, -0.05) is 19.1 Å². The summed E-state index contributed by atoms with van der Waals surface area (Å²) in [6.07, 6.45) is 6.44. The predicted octanol–water partition coefficient (Wildman–Crippen LogP) is 3.03. The second-order valence-corrected chi connectivity index (χ2v) is 9.15. The van der Waals surface area contributed by atoms with Gasteiger partial charge in [-0.05, 0) is 37.7 Å². The molecule has 1 amide bonds. The van der Waals surface area contributed by atoms with Crippen LogP contribution in [0, 0.1) is 11.7 Å². The Bertz CT molecular complexity index is 1150. The van der Waals surface area contributed by atoms with Crippen LogP contribution in [-0.4, -0.2) is 74.7 Å². The third-order valence-electron chi connectivity index (χ3n) is 6.26. The van der Waals surface area contributed by atoms with Gasteiger partial charge in [0.2, 0.25) is 5.88 Å². The van der Waals surface area contributed by atoms with Gasteiger partial charge >= 0.3 is 0 Å². The molecule has 1 aromatic carbocycles. The van der Waals surface area contributed by atoms with Gasteiger partial charge in [0, 0.05) is 55.3 Å². The van der Waals surface area contributed by atoms with E-state index in [9.17, 15) is 14.3 Å². The Morgan fingerprint density at radius 2 is 1.91 bits per heavy atom. The summed E-state index contributed by atoms with van der Waals surface area (Å²) in [6.45, 7) is 5.36. The summed E-state index contributed by atoms with van der Waals surface area (Å²) < 4.78 is 19.8. The fourth-order valence-electron chi connectivity index (χ4n) is 4.22.